The zero-order valence-corrected chi connectivity index (χ0v) is 10.5. The van der Waals surface area contributed by atoms with E-state index in [2.05, 4.69) is 15.1 Å². The van der Waals surface area contributed by atoms with Crippen LogP contribution < -0.4 is 4.74 Å². The maximum Gasteiger partial charge on any atom is 0.335 e. The molecule has 0 fully saturated rings. The number of hydrogen-bond acceptors (Lipinski definition) is 5. The SMILES string of the molecule is Cn1ncc2c(Oc3cccc(C(=O)O)c3)ncnc21. The summed E-state index contributed by atoms with van der Waals surface area (Å²) < 4.78 is 7.24. The van der Waals surface area contributed by atoms with Gasteiger partial charge in [0.25, 0.3) is 0 Å². The standard InChI is InChI=1S/C13H10N4O3/c1-17-11-10(6-16-17)12(15-7-14-11)20-9-4-2-3-8(5-9)13(18)19/h2-7H,1H3,(H,18,19). The summed E-state index contributed by atoms with van der Waals surface area (Å²) >= 11 is 0. The molecule has 0 aliphatic rings. The van der Waals surface area contributed by atoms with Gasteiger partial charge in [-0.25, -0.2) is 14.8 Å². The molecule has 3 rings (SSSR count). The van der Waals surface area contributed by atoms with Gasteiger partial charge in [0.15, 0.2) is 5.65 Å². The highest BCUT2D eigenvalue weighted by Crippen LogP contribution is 2.26. The van der Waals surface area contributed by atoms with E-state index in [1.807, 2.05) is 0 Å². The summed E-state index contributed by atoms with van der Waals surface area (Å²) in [5.41, 5.74) is 0.795. The van der Waals surface area contributed by atoms with E-state index >= 15 is 0 Å². The highest BCUT2D eigenvalue weighted by atomic mass is 16.5. The largest absolute Gasteiger partial charge is 0.478 e. The molecule has 0 atom stereocenters. The molecule has 2 heterocycles. The van der Waals surface area contributed by atoms with Crippen molar-refractivity contribution in [2.24, 2.45) is 7.05 Å². The molecule has 0 saturated heterocycles. The van der Waals surface area contributed by atoms with Crippen LogP contribution in [0.4, 0.5) is 0 Å². The molecule has 100 valence electrons. The third-order valence-corrected chi connectivity index (χ3v) is 2.79. The van der Waals surface area contributed by atoms with E-state index in [-0.39, 0.29) is 5.56 Å². The minimum atomic E-state index is -1.01. The number of carboxylic acid groups (broad SMARTS) is 1. The zero-order chi connectivity index (χ0) is 14.1. The van der Waals surface area contributed by atoms with E-state index in [9.17, 15) is 4.79 Å². The van der Waals surface area contributed by atoms with Gasteiger partial charge in [-0.3, -0.25) is 4.68 Å². The van der Waals surface area contributed by atoms with Gasteiger partial charge in [0.1, 0.15) is 17.5 Å². The van der Waals surface area contributed by atoms with Gasteiger partial charge in [-0.2, -0.15) is 5.10 Å². The number of carbonyl (C=O) groups is 1. The Morgan fingerprint density at radius 2 is 2.20 bits per heavy atom. The number of aryl methyl sites for hydroxylation is 1. The van der Waals surface area contributed by atoms with Crippen molar-refractivity contribution in [2.45, 2.75) is 0 Å². The highest BCUT2D eigenvalue weighted by molar-refractivity contribution is 5.88. The lowest BCUT2D eigenvalue weighted by Crippen LogP contribution is -1.97. The number of rotatable bonds is 3. The number of ether oxygens (including phenoxy) is 1. The van der Waals surface area contributed by atoms with Gasteiger partial charge in [-0.15, -0.1) is 0 Å². The van der Waals surface area contributed by atoms with Crippen molar-refractivity contribution in [1.29, 1.82) is 0 Å². The first-order valence-corrected chi connectivity index (χ1v) is 5.79. The van der Waals surface area contributed by atoms with Gasteiger partial charge in [0, 0.05) is 7.05 Å². The molecule has 0 bridgehead atoms. The predicted molar refractivity (Wildman–Crippen MR) is 69.8 cm³/mol. The van der Waals surface area contributed by atoms with Crippen LogP contribution in [0.3, 0.4) is 0 Å². The smallest absolute Gasteiger partial charge is 0.335 e. The fourth-order valence-corrected chi connectivity index (χ4v) is 1.83. The Labute approximate surface area is 113 Å². The number of hydrogen-bond donors (Lipinski definition) is 1. The van der Waals surface area contributed by atoms with Crippen LogP contribution in [0.2, 0.25) is 0 Å². The Hall–Kier alpha value is -2.96. The Balaban J connectivity index is 2.01. The van der Waals surface area contributed by atoms with Crippen LogP contribution in [0.5, 0.6) is 11.6 Å². The first kappa shape index (κ1) is 12.1. The molecule has 0 saturated carbocycles. The number of fused-ring (bicyclic) bond motifs is 1. The average Bonchev–Trinajstić information content (AvgIpc) is 2.82. The van der Waals surface area contributed by atoms with Gasteiger partial charge < -0.3 is 9.84 Å². The van der Waals surface area contributed by atoms with E-state index in [0.29, 0.717) is 22.7 Å². The molecular weight excluding hydrogens is 260 g/mol. The van der Waals surface area contributed by atoms with Crippen molar-refractivity contribution in [1.82, 2.24) is 19.7 Å². The lowest BCUT2D eigenvalue weighted by atomic mass is 10.2. The molecule has 1 N–H and O–H groups in total. The Bertz CT molecular complexity index is 797. The van der Waals surface area contributed by atoms with Gasteiger partial charge in [-0.1, -0.05) is 6.07 Å². The van der Waals surface area contributed by atoms with Crippen LogP contribution in [0.1, 0.15) is 10.4 Å². The molecule has 1 aromatic carbocycles. The summed E-state index contributed by atoms with van der Waals surface area (Å²) in [6.45, 7) is 0. The van der Waals surface area contributed by atoms with Crippen molar-refractivity contribution in [3.63, 3.8) is 0 Å². The third kappa shape index (κ3) is 2.05. The second kappa shape index (κ2) is 4.61. The molecular formula is C13H10N4O3. The minimum Gasteiger partial charge on any atom is -0.478 e. The lowest BCUT2D eigenvalue weighted by molar-refractivity contribution is 0.0696. The Kier molecular flexibility index (Phi) is 2.79. The maximum absolute atomic E-state index is 10.9. The monoisotopic (exact) mass is 270 g/mol. The van der Waals surface area contributed by atoms with Crippen molar-refractivity contribution >= 4 is 17.0 Å². The first-order valence-electron chi connectivity index (χ1n) is 5.79. The molecule has 0 amide bonds. The second-order valence-electron chi connectivity index (χ2n) is 4.12. The van der Waals surface area contributed by atoms with Crippen LogP contribution in [-0.4, -0.2) is 30.8 Å². The fourth-order valence-electron chi connectivity index (χ4n) is 1.83. The van der Waals surface area contributed by atoms with Crippen LogP contribution in [0.25, 0.3) is 11.0 Å². The highest BCUT2D eigenvalue weighted by Gasteiger charge is 2.11. The normalized spacial score (nSPS) is 10.7. The zero-order valence-electron chi connectivity index (χ0n) is 10.5. The number of benzene rings is 1. The van der Waals surface area contributed by atoms with Crippen molar-refractivity contribution in [3.8, 4) is 11.6 Å². The topological polar surface area (TPSA) is 90.1 Å². The Morgan fingerprint density at radius 3 is 3.00 bits per heavy atom. The van der Waals surface area contributed by atoms with E-state index in [0.717, 1.165) is 0 Å². The average molecular weight is 270 g/mol. The quantitative estimate of drug-likeness (QED) is 0.781. The molecule has 7 heteroatoms. The second-order valence-corrected chi connectivity index (χ2v) is 4.12. The van der Waals surface area contributed by atoms with Crippen LogP contribution >= 0.6 is 0 Å². The summed E-state index contributed by atoms with van der Waals surface area (Å²) in [7, 11) is 1.77. The van der Waals surface area contributed by atoms with Crippen LogP contribution in [0.15, 0.2) is 36.8 Å². The van der Waals surface area contributed by atoms with E-state index in [4.69, 9.17) is 9.84 Å². The molecule has 3 aromatic rings. The fraction of sp³-hybridized carbons (Fsp3) is 0.0769. The first-order chi connectivity index (χ1) is 9.65. The molecule has 2 aromatic heterocycles. The molecule has 7 nitrogen and oxygen atoms in total. The number of aromatic carboxylic acids is 1. The molecule has 0 aliphatic heterocycles. The van der Waals surface area contributed by atoms with Crippen molar-refractivity contribution < 1.29 is 14.6 Å². The van der Waals surface area contributed by atoms with Crippen LogP contribution in [-0.2, 0) is 7.05 Å². The molecule has 0 radical (unpaired) electrons. The van der Waals surface area contributed by atoms with E-state index in [1.165, 1.54) is 18.5 Å². The summed E-state index contributed by atoms with van der Waals surface area (Å²) in [4.78, 5) is 19.1. The maximum atomic E-state index is 10.9. The minimum absolute atomic E-state index is 0.152. The predicted octanol–water partition coefficient (Wildman–Crippen LogP) is 1.85. The summed E-state index contributed by atoms with van der Waals surface area (Å²) in [5.74, 6) is -0.274. The number of nitrogens with zero attached hydrogens (tertiary/aromatic N) is 4. The van der Waals surface area contributed by atoms with E-state index in [1.54, 1.807) is 30.1 Å². The summed E-state index contributed by atoms with van der Waals surface area (Å²) in [6.07, 6.45) is 2.98. The molecule has 0 unspecified atom stereocenters. The lowest BCUT2D eigenvalue weighted by Gasteiger charge is -2.05. The molecule has 0 aliphatic carbocycles. The van der Waals surface area contributed by atoms with E-state index < -0.39 is 5.97 Å². The van der Waals surface area contributed by atoms with Gasteiger partial charge in [0.2, 0.25) is 5.88 Å². The van der Waals surface area contributed by atoms with Gasteiger partial charge >= 0.3 is 5.97 Å². The van der Waals surface area contributed by atoms with Gasteiger partial charge in [0.05, 0.1) is 11.8 Å². The van der Waals surface area contributed by atoms with Crippen molar-refractivity contribution in [2.75, 3.05) is 0 Å². The molecule has 0 spiro atoms. The van der Waals surface area contributed by atoms with Crippen molar-refractivity contribution in [3.05, 3.63) is 42.4 Å². The summed E-state index contributed by atoms with van der Waals surface area (Å²) in [5, 5.41) is 13.7. The summed E-state index contributed by atoms with van der Waals surface area (Å²) in [6, 6.07) is 6.21. The molecule has 20 heavy (non-hydrogen) atoms. The van der Waals surface area contributed by atoms with Gasteiger partial charge in [-0.05, 0) is 18.2 Å². The number of aromatic nitrogens is 4. The van der Waals surface area contributed by atoms with Crippen LogP contribution in [0, 0.1) is 0 Å². The Morgan fingerprint density at radius 1 is 1.35 bits per heavy atom. The number of carboxylic acids is 1. The third-order valence-electron chi connectivity index (χ3n) is 2.79.